The molecule has 2 aromatic carbocycles. The zero-order valence-electron chi connectivity index (χ0n) is 12.0. The lowest BCUT2D eigenvalue weighted by Gasteiger charge is -2.18. The van der Waals surface area contributed by atoms with Gasteiger partial charge in [-0.05, 0) is 12.1 Å². The van der Waals surface area contributed by atoms with Crippen molar-refractivity contribution < 1.29 is 26.7 Å². The monoisotopic (exact) mass is 341 g/mol. The molecule has 0 bridgehead atoms. The van der Waals surface area contributed by atoms with Gasteiger partial charge in [0.25, 0.3) is 5.91 Å². The zero-order chi connectivity index (χ0) is 17.0. The van der Waals surface area contributed by atoms with E-state index in [9.17, 15) is 22.0 Å². The highest BCUT2D eigenvalue weighted by molar-refractivity contribution is 7.89. The third-order valence-electron chi connectivity index (χ3n) is 2.77. The maximum atomic E-state index is 13.3. The van der Waals surface area contributed by atoms with Crippen LogP contribution in [0.15, 0.2) is 48.5 Å². The molecule has 23 heavy (non-hydrogen) atoms. The van der Waals surface area contributed by atoms with Gasteiger partial charge in [0.2, 0.25) is 16.1 Å². The summed E-state index contributed by atoms with van der Waals surface area (Å²) in [6.07, 6.45) is -0.513. The standard InChI is InChI=1S/C15H13F2NO4S/c1-23(20,21)18-15(19)14(10-5-3-2-4-6-10)22-11-7-8-12(16)13(17)9-11/h2-9,14H,1H3,(H,18,19)/t14-/m1/s1. The van der Waals surface area contributed by atoms with Crippen molar-refractivity contribution in [3.05, 3.63) is 65.7 Å². The Kier molecular flexibility index (Phi) is 4.95. The summed E-state index contributed by atoms with van der Waals surface area (Å²) in [7, 11) is -3.80. The lowest BCUT2D eigenvalue weighted by Crippen LogP contribution is -2.36. The van der Waals surface area contributed by atoms with E-state index in [4.69, 9.17) is 4.74 Å². The van der Waals surface area contributed by atoms with E-state index in [1.807, 2.05) is 0 Å². The molecule has 1 atom stereocenters. The molecule has 0 unspecified atom stereocenters. The third-order valence-corrected chi connectivity index (χ3v) is 3.34. The number of nitrogens with one attached hydrogen (secondary N) is 1. The number of hydrogen-bond acceptors (Lipinski definition) is 4. The van der Waals surface area contributed by atoms with Crippen LogP contribution in [0.25, 0.3) is 0 Å². The summed E-state index contributed by atoms with van der Waals surface area (Å²) in [6, 6.07) is 10.8. The molecule has 122 valence electrons. The second-order valence-corrected chi connectivity index (χ2v) is 6.47. The number of amides is 1. The first-order valence-corrected chi connectivity index (χ1v) is 8.34. The molecule has 0 aliphatic carbocycles. The molecular weight excluding hydrogens is 328 g/mol. The summed E-state index contributed by atoms with van der Waals surface area (Å²) in [5.74, 6) is -3.25. The van der Waals surface area contributed by atoms with E-state index >= 15 is 0 Å². The number of rotatable bonds is 5. The van der Waals surface area contributed by atoms with E-state index in [0.717, 1.165) is 24.5 Å². The molecule has 0 spiro atoms. The Morgan fingerprint density at radius 2 is 1.74 bits per heavy atom. The molecule has 0 saturated carbocycles. The van der Waals surface area contributed by atoms with Gasteiger partial charge in [-0.25, -0.2) is 21.9 Å². The minimum Gasteiger partial charge on any atom is -0.476 e. The van der Waals surface area contributed by atoms with Gasteiger partial charge in [-0.15, -0.1) is 0 Å². The van der Waals surface area contributed by atoms with Crippen LogP contribution in [-0.2, 0) is 14.8 Å². The summed E-state index contributed by atoms with van der Waals surface area (Å²) < 4.78 is 55.8. The maximum Gasteiger partial charge on any atom is 0.279 e. The number of hydrogen-bond donors (Lipinski definition) is 1. The minimum atomic E-state index is -3.80. The van der Waals surface area contributed by atoms with Gasteiger partial charge in [0.15, 0.2) is 11.6 Å². The molecule has 1 amide bonds. The highest BCUT2D eigenvalue weighted by atomic mass is 32.2. The number of halogens is 2. The second kappa shape index (κ2) is 6.74. The Hall–Kier alpha value is -2.48. The largest absolute Gasteiger partial charge is 0.476 e. The van der Waals surface area contributed by atoms with Crippen molar-refractivity contribution in [2.24, 2.45) is 0 Å². The van der Waals surface area contributed by atoms with E-state index < -0.39 is 33.7 Å². The van der Waals surface area contributed by atoms with Crippen LogP contribution in [0.1, 0.15) is 11.7 Å². The van der Waals surface area contributed by atoms with Crippen molar-refractivity contribution in [1.82, 2.24) is 4.72 Å². The Bertz CT molecular complexity index is 809. The van der Waals surface area contributed by atoms with Gasteiger partial charge in [0.05, 0.1) is 6.26 Å². The Balaban J connectivity index is 2.33. The van der Waals surface area contributed by atoms with Gasteiger partial charge < -0.3 is 4.74 Å². The van der Waals surface area contributed by atoms with Crippen molar-refractivity contribution in [1.29, 1.82) is 0 Å². The van der Waals surface area contributed by atoms with Gasteiger partial charge >= 0.3 is 0 Å². The molecule has 2 rings (SSSR count). The number of benzene rings is 2. The van der Waals surface area contributed by atoms with Gasteiger partial charge in [-0.2, -0.15) is 0 Å². The molecule has 0 saturated heterocycles. The predicted molar refractivity (Wildman–Crippen MR) is 79.2 cm³/mol. The van der Waals surface area contributed by atoms with E-state index in [1.165, 1.54) is 0 Å². The predicted octanol–water partition coefficient (Wildman–Crippen LogP) is 2.16. The normalized spacial score (nSPS) is 12.5. The van der Waals surface area contributed by atoms with Crippen molar-refractivity contribution >= 4 is 15.9 Å². The second-order valence-electron chi connectivity index (χ2n) is 4.72. The summed E-state index contributed by atoms with van der Waals surface area (Å²) >= 11 is 0. The Morgan fingerprint density at radius 3 is 2.30 bits per heavy atom. The lowest BCUT2D eigenvalue weighted by atomic mass is 10.1. The zero-order valence-corrected chi connectivity index (χ0v) is 12.8. The SMILES string of the molecule is CS(=O)(=O)NC(=O)[C@H](Oc1ccc(F)c(F)c1)c1ccccc1. The van der Waals surface area contributed by atoms with Gasteiger partial charge in [-0.3, -0.25) is 4.79 Å². The van der Waals surface area contributed by atoms with Crippen molar-refractivity contribution in [3.63, 3.8) is 0 Å². The molecule has 0 fully saturated rings. The van der Waals surface area contributed by atoms with Crippen LogP contribution in [0.4, 0.5) is 8.78 Å². The highest BCUT2D eigenvalue weighted by Gasteiger charge is 2.25. The topological polar surface area (TPSA) is 72.5 Å². The molecule has 0 aliphatic rings. The fraction of sp³-hybridized carbons (Fsp3) is 0.133. The van der Waals surface area contributed by atoms with Crippen LogP contribution >= 0.6 is 0 Å². The first-order chi connectivity index (χ1) is 10.8. The van der Waals surface area contributed by atoms with Crippen LogP contribution in [0.5, 0.6) is 5.75 Å². The quantitative estimate of drug-likeness (QED) is 0.905. The average Bonchev–Trinajstić information content (AvgIpc) is 2.47. The molecule has 2 aromatic rings. The average molecular weight is 341 g/mol. The van der Waals surface area contributed by atoms with Crippen LogP contribution in [0.3, 0.4) is 0 Å². The number of carbonyl (C=O) groups is 1. The van der Waals surface area contributed by atoms with Crippen LogP contribution in [0.2, 0.25) is 0 Å². The minimum absolute atomic E-state index is 0.110. The Morgan fingerprint density at radius 1 is 1.09 bits per heavy atom. The molecule has 8 heteroatoms. The smallest absolute Gasteiger partial charge is 0.279 e. The van der Waals surface area contributed by atoms with Crippen molar-refractivity contribution in [3.8, 4) is 5.75 Å². The third kappa shape index (κ3) is 4.75. The molecule has 0 aliphatic heterocycles. The van der Waals surface area contributed by atoms with E-state index in [2.05, 4.69) is 0 Å². The highest BCUT2D eigenvalue weighted by Crippen LogP contribution is 2.24. The van der Waals surface area contributed by atoms with Crippen LogP contribution in [-0.4, -0.2) is 20.6 Å². The van der Waals surface area contributed by atoms with Gasteiger partial charge in [0, 0.05) is 11.6 Å². The Labute approximate surface area is 132 Å². The van der Waals surface area contributed by atoms with Crippen molar-refractivity contribution in [2.75, 3.05) is 6.26 Å². The number of sulfonamides is 1. The number of ether oxygens (including phenoxy) is 1. The fourth-order valence-electron chi connectivity index (χ4n) is 1.82. The van der Waals surface area contributed by atoms with Crippen molar-refractivity contribution in [2.45, 2.75) is 6.10 Å². The van der Waals surface area contributed by atoms with E-state index in [0.29, 0.717) is 5.56 Å². The van der Waals surface area contributed by atoms with Crippen LogP contribution in [0, 0.1) is 11.6 Å². The molecule has 5 nitrogen and oxygen atoms in total. The first-order valence-electron chi connectivity index (χ1n) is 6.44. The fourth-order valence-corrected chi connectivity index (χ4v) is 2.30. The van der Waals surface area contributed by atoms with Crippen LogP contribution < -0.4 is 9.46 Å². The first kappa shape index (κ1) is 16.9. The van der Waals surface area contributed by atoms with E-state index in [1.54, 1.807) is 35.1 Å². The molecule has 1 N–H and O–H groups in total. The molecule has 0 radical (unpaired) electrons. The summed E-state index contributed by atoms with van der Waals surface area (Å²) in [6.45, 7) is 0. The lowest BCUT2D eigenvalue weighted by molar-refractivity contribution is -0.126. The summed E-state index contributed by atoms with van der Waals surface area (Å²) in [4.78, 5) is 12.1. The van der Waals surface area contributed by atoms with E-state index in [-0.39, 0.29) is 5.75 Å². The van der Waals surface area contributed by atoms with Gasteiger partial charge in [0.1, 0.15) is 5.75 Å². The molecular formula is C15H13F2NO4S. The number of carbonyl (C=O) groups excluding carboxylic acids is 1. The molecule has 0 heterocycles. The molecule has 0 aromatic heterocycles. The van der Waals surface area contributed by atoms with Gasteiger partial charge in [-0.1, -0.05) is 30.3 Å². The summed E-state index contributed by atoms with van der Waals surface area (Å²) in [5, 5.41) is 0. The summed E-state index contributed by atoms with van der Waals surface area (Å²) in [5.41, 5.74) is 0.360. The maximum absolute atomic E-state index is 13.3.